The highest BCUT2D eigenvalue weighted by atomic mass is 32.1. The highest BCUT2D eigenvalue weighted by Crippen LogP contribution is 2.18. The molecule has 0 spiro atoms. The first-order valence-electron chi connectivity index (χ1n) is 11.3. The van der Waals surface area contributed by atoms with Crippen molar-refractivity contribution in [3.05, 3.63) is 90.5 Å². The topological polar surface area (TPSA) is 79.5 Å². The predicted octanol–water partition coefficient (Wildman–Crippen LogP) is 5.59. The van der Waals surface area contributed by atoms with E-state index in [1.165, 1.54) is 5.56 Å². The van der Waals surface area contributed by atoms with Gasteiger partial charge in [0.2, 0.25) is 5.91 Å². The van der Waals surface area contributed by atoms with Gasteiger partial charge in [-0.2, -0.15) is 0 Å². The fourth-order valence-corrected chi connectivity index (χ4v) is 3.48. The Morgan fingerprint density at radius 1 is 0.735 bits per heavy atom. The molecule has 0 fully saturated rings. The maximum absolute atomic E-state index is 12.1. The van der Waals surface area contributed by atoms with Crippen molar-refractivity contribution < 1.29 is 14.3 Å². The van der Waals surface area contributed by atoms with Crippen molar-refractivity contribution >= 4 is 46.3 Å². The van der Waals surface area contributed by atoms with Crippen LogP contribution in [0.3, 0.4) is 0 Å². The van der Waals surface area contributed by atoms with E-state index >= 15 is 0 Å². The van der Waals surface area contributed by atoms with Gasteiger partial charge in [0.15, 0.2) is 5.11 Å². The number of anilines is 3. The number of carbonyl (C=O) groups is 2. The van der Waals surface area contributed by atoms with Crippen LogP contribution in [0.1, 0.15) is 31.2 Å². The van der Waals surface area contributed by atoms with Gasteiger partial charge in [0.05, 0.1) is 6.61 Å². The first kappa shape index (κ1) is 24.9. The quantitative estimate of drug-likeness (QED) is 0.191. The fraction of sp³-hybridized carbons (Fsp3) is 0.222. The SMILES string of the molecule is O=C(CCCC(=O)OCCCc1ccccc1)NC(=S)Nc1ccc(Nc2ccccc2)cc1. The minimum Gasteiger partial charge on any atom is -0.466 e. The Bertz CT molecular complexity index is 1060. The van der Waals surface area contributed by atoms with Crippen LogP contribution in [0.4, 0.5) is 17.1 Å². The third kappa shape index (κ3) is 9.42. The van der Waals surface area contributed by atoms with Crippen molar-refractivity contribution in [2.24, 2.45) is 0 Å². The number of hydrogen-bond acceptors (Lipinski definition) is 5. The van der Waals surface area contributed by atoms with E-state index in [4.69, 9.17) is 17.0 Å². The second-order valence-electron chi connectivity index (χ2n) is 7.73. The molecule has 0 aromatic heterocycles. The number of amides is 1. The average molecular weight is 476 g/mol. The summed E-state index contributed by atoms with van der Waals surface area (Å²) < 4.78 is 5.24. The van der Waals surface area contributed by atoms with Crippen LogP contribution in [0.25, 0.3) is 0 Å². The van der Waals surface area contributed by atoms with E-state index in [1.807, 2.05) is 72.8 Å². The van der Waals surface area contributed by atoms with Gasteiger partial charge in [0, 0.05) is 29.9 Å². The van der Waals surface area contributed by atoms with Crippen LogP contribution in [-0.4, -0.2) is 23.6 Å². The molecule has 6 nitrogen and oxygen atoms in total. The standard InChI is InChI=1S/C27H29N3O3S/c31-25(14-7-15-26(32)33-20-8-11-21-9-3-1-4-10-21)30-27(34)29-24-18-16-23(17-19-24)28-22-12-5-2-6-13-22/h1-6,9-10,12-13,16-19,28H,7-8,11,14-15,20H2,(H2,29,30,31,34). The minimum atomic E-state index is -0.286. The van der Waals surface area contributed by atoms with Crippen molar-refractivity contribution in [1.82, 2.24) is 5.32 Å². The zero-order valence-electron chi connectivity index (χ0n) is 19.0. The van der Waals surface area contributed by atoms with Crippen LogP contribution >= 0.6 is 12.2 Å². The summed E-state index contributed by atoms with van der Waals surface area (Å²) >= 11 is 5.21. The van der Waals surface area contributed by atoms with E-state index in [-0.39, 0.29) is 29.8 Å². The summed E-state index contributed by atoms with van der Waals surface area (Å²) in [6.07, 6.45) is 2.45. The highest BCUT2D eigenvalue weighted by Gasteiger charge is 2.08. The lowest BCUT2D eigenvalue weighted by atomic mass is 10.1. The molecule has 176 valence electrons. The molecule has 3 aromatic rings. The molecule has 0 radical (unpaired) electrons. The molecule has 0 aliphatic carbocycles. The molecule has 3 rings (SSSR count). The normalized spacial score (nSPS) is 10.2. The lowest BCUT2D eigenvalue weighted by Crippen LogP contribution is -2.34. The van der Waals surface area contributed by atoms with Crippen molar-refractivity contribution in [1.29, 1.82) is 0 Å². The summed E-state index contributed by atoms with van der Waals surface area (Å²) in [6.45, 7) is 0.383. The minimum absolute atomic E-state index is 0.195. The van der Waals surface area contributed by atoms with E-state index in [9.17, 15) is 9.59 Å². The first-order chi connectivity index (χ1) is 16.6. The van der Waals surface area contributed by atoms with Crippen molar-refractivity contribution in [2.45, 2.75) is 32.1 Å². The number of para-hydroxylation sites is 1. The van der Waals surface area contributed by atoms with Gasteiger partial charge in [0.25, 0.3) is 0 Å². The molecule has 7 heteroatoms. The number of thiocarbonyl (C=S) groups is 1. The zero-order valence-corrected chi connectivity index (χ0v) is 19.8. The highest BCUT2D eigenvalue weighted by molar-refractivity contribution is 7.80. The number of nitrogens with one attached hydrogen (secondary N) is 3. The molecule has 0 heterocycles. The summed E-state index contributed by atoms with van der Waals surface area (Å²) in [4.78, 5) is 23.9. The predicted molar refractivity (Wildman–Crippen MR) is 140 cm³/mol. The second kappa shape index (κ2) is 13.7. The molecule has 0 atom stereocenters. The second-order valence-corrected chi connectivity index (χ2v) is 8.14. The molecule has 0 aliphatic heterocycles. The number of rotatable bonds is 11. The molecule has 34 heavy (non-hydrogen) atoms. The number of ether oxygens (including phenoxy) is 1. The Kier molecular flexibility index (Phi) is 10.1. The molecule has 0 saturated heterocycles. The van der Waals surface area contributed by atoms with Crippen LogP contribution in [0, 0.1) is 0 Å². The van der Waals surface area contributed by atoms with E-state index in [2.05, 4.69) is 28.1 Å². The number of aryl methyl sites for hydroxylation is 1. The Hall–Kier alpha value is -3.71. The number of esters is 1. The summed E-state index contributed by atoms with van der Waals surface area (Å²) in [5.74, 6) is -0.525. The molecular weight excluding hydrogens is 446 g/mol. The monoisotopic (exact) mass is 475 g/mol. The van der Waals surface area contributed by atoms with E-state index in [0.29, 0.717) is 13.0 Å². The average Bonchev–Trinajstić information content (AvgIpc) is 2.84. The van der Waals surface area contributed by atoms with Crippen molar-refractivity contribution in [3.8, 4) is 0 Å². The van der Waals surface area contributed by atoms with E-state index in [0.717, 1.165) is 29.9 Å². The third-order valence-corrected chi connectivity index (χ3v) is 5.16. The van der Waals surface area contributed by atoms with Gasteiger partial charge in [-0.25, -0.2) is 0 Å². The van der Waals surface area contributed by atoms with Crippen LogP contribution in [-0.2, 0) is 20.7 Å². The number of carbonyl (C=O) groups excluding carboxylic acids is 2. The lowest BCUT2D eigenvalue weighted by Gasteiger charge is -2.11. The molecule has 0 bridgehead atoms. The van der Waals surface area contributed by atoms with Crippen LogP contribution in [0.2, 0.25) is 0 Å². The Morgan fingerprint density at radius 3 is 2.06 bits per heavy atom. The number of hydrogen-bond donors (Lipinski definition) is 3. The smallest absolute Gasteiger partial charge is 0.305 e. The van der Waals surface area contributed by atoms with Gasteiger partial charge in [-0.1, -0.05) is 48.5 Å². The Labute approximate surface area is 205 Å². The summed E-state index contributed by atoms with van der Waals surface area (Å²) in [5, 5.41) is 9.16. The zero-order chi connectivity index (χ0) is 24.0. The van der Waals surface area contributed by atoms with Gasteiger partial charge in [0.1, 0.15) is 0 Å². The van der Waals surface area contributed by atoms with Gasteiger partial charge in [-0.3, -0.25) is 9.59 Å². The van der Waals surface area contributed by atoms with Crippen LogP contribution in [0.5, 0.6) is 0 Å². The molecule has 3 aromatic carbocycles. The van der Waals surface area contributed by atoms with E-state index in [1.54, 1.807) is 0 Å². The first-order valence-corrected chi connectivity index (χ1v) is 11.7. The molecule has 1 amide bonds. The van der Waals surface area contributed by atoms with Gasteiger partial charge >= 0.3 is 5.97 Å². The van der Waals surface area contributed by atoms with Crippen molar-refractivity contribution in [3.63, 3.8) is 0 Å². The van der Waals surface area contributed by atoms with Gasteiger partial charge in [-0.15, -0.1) is 0 Å². The van der Waals surface area contributed by atoms with Gasteiger partial charge < -0.3 is 20.7 Å². The number of benzene rings is 3. The van der Waals surface area contributed by atoms with Crippen LogP contribution in [0.15, 0.2) is 84.9 Å². The maximum Gasteiger partial charge on any atom is 0.305 e. The summed E-state index contributed by atoms with van der Waals surface area (Å²) in [5.41, 5.74) is 3.93. The van der Waals surface area contributed by atoms with E-state index < -0.39 is 0 Å². The molecule has 0 saturated carbocycles. The maximum atomic E-state index is 12.1. The molecular formula is C27H29N3O3S. The summed E-state index contributed by atoms with van der Waals surface area (Å²) in [7, 11) is 0. The largest absolute Gasteiger partial charge is 0.466 e. The molecule has 0 aliphatic rings. The molecule has 3 N–H and O–H groups in total. The lowest BCUT2D eigenvalue weighted by molar-refractivity contribution is -0.143. The van der Waals surface area contributed by atoms with Crippen LogP contribution < -0.4 is 16.0 Å². The summed E-state index contributed by atoms with van der Waals surface area (Å²) in [6, 6.07) is 27.5. The Morgan fingerprint density at radius 2 is 1.35 bits per heavy atom. The van der Waals surface area contributed by atoms with Gasteiger partial charge in [-0.05, 0) is 73.4 Å². The Balaban J connectivity index is 1.27. The fourth-order valence-electron chi connectivity index (χ4n) is 3.25. The van der Waals surface area contributed by atoms with Crippen molar-refractivity contribution in [2.75, 3.05) is 17.2 Å². The third-order valence-electron chi connectivity index (χ3n) is 4.96. The molecule has 0 unspecified atom stereocenters.